The van der Waals surface area contributed by atoms with Crippen molar-refractivity contribution in [2.75, 3.05) is 68.6 Å². The van der Waals surface area contributed by atoms with Crippen LogP contribution in [-0.4, -0.2) is 241 Å². The fraction of sp³-hybridized carbons (Fsp3) is 0.642. The van der Waals surface area contributed by atoms with Gasteiger partial charge in [0, 0.05) is 72.0 Å². The second-order valence-corrected chi connectivity index (χ2v) is 33.8. The van der Waals surface area contributed by atoms with E-state index in [4.69, 9.17) is 54.5 Å². The summed E-state index contributed by atoms with van der Waals surface area (Å²) in [4.78, 5) is 117. The molecule has 0 atom stereocenters. The summed E-state index contributed by atoms with van der Waals surface area (Å²) < 4.78 is 44.3. The monoisotopic (exact) mass is 1730 g/mol. The van der Waals surface area contributed by atoms with Gasteiger partial charge in [0.25, 0.3) is 5.91 Å². The maximum atomic E-state index is 12.0. The summed E-state index contributed by atoms with van der Waals surface area (Å²) in [6.07, 6.45) is -0.512. The maximum Gasteiger partial charge on any atom is 1.00 e. The van der Waals surface area contributed by atoms with E-state index < -0.39 is 76.3 Å². The Morgan fingerprint density at radius 1 is 0.455 bits per heavy atom. The summed E-state index contributed by atoms with van der Waals surface area (Å²) in [6.45, 7) is 52.8. The van der Waals surface area contributed by atoms with Crippen molar-refractivity contribution in [2.45, 2.75) is 278 Å². The number of carboxylic acids is 1. The van der Waals surface area contributed by atoms with Crippen LogP contribution in [0.15, 0.2) is 47.0 Å². The average Bonchev–Trinajstić information content (AvgIpc) is 1.69. The van der Waals surface area contributed by atoms with Crippen LogP contribution in [0, 0.1) is 22.7 Å². The number of carbonyl (C=O) groups excluding carboxylic acids is 8. The van der Waals surface area contributed by atoms with E-state index >= 15 is 0 Å². The van der Waals surface area contributed by atoms with Gasteiger partial charge < -0.3 is 79.3 Å². The van der Waals surface area contributed by atoms with Gasteiger partial charge in [-0.15, -0.1) is 12.4 Å². The fourth-order valence-electron chi connectivity index (χ4n) is 9.80. The summed E-state index contributed by atoms with van der Waals surface area (Å²) in [5, 5.41) is 51.6. The minimum atomic E-state index is -1.04. The van der Waals surface area contributed by atoms with Gasteiger partial charge in [-0.2, -0.15) is 36.0 Å². The molecule has 1 aliphatic heterocycles. The molecule has 0 saturated carbocycles. The van der Waals surface area contributed by atoms with E-state index in [1.807, 2.05) is 145 Å². The number of rotatable bonds is 23. The minimum Gasteiger partial charge on any atom is -0.870 e. The Kier molecular flexibility index (Phi) is 49.1. The standard InChI is InChI=1S/C16H27N3O4.C14H24N4O3.C14H22N4O2.C14H23N3O4.C14H22N2O4.C9H14N4.ClH.Na.H2O/c1-8-22-14(20)13-9-12(17-19(13)11(2)3)10-18(7)15(21)23-16(4,5)6;1-9(2)18-11(12(15)19)7-10(16-18)8-17(6)13(20)21-14(3,4)5;1-10(2)18-12(8-15)7-11(16-18)9-17(6)13(19)20-14(3,4)5;1-9(2)17-11(12(18)19)7-10(15-17)8-16(6)13(20)21-14(3,4)5;1-6-19-12(17)10-7-11(15-8-10)9-16(5)13(18)20-14(2,3)4;1-7(2)13-9(5-10)4-8(12-13)6-11-3;;;/h9,11H,8,10H2,1-7H3;7,9H,8H2,1-6H3,(H2,15,19);7,10H,9H2,1-6H3;7,9H,8H2,1-6H3,(H,18,19);7H,6,8-9H2,1-5H3;4,7,11H,6H2,1-3H3;1H;;1H2/q;;;;;;;+1;/p-1. The van der Waals surface area contributed by atoms with Crippen LogP contribution in [0.25, 0.3) is 0 Å². The second-order valence-electron chi connectivity index (χ2n) is 33.8. The first-order valence-corrected chi connectivity index (χ1v) is 38.8. The summed E-state index contributed by atoms with van der Waals surface area (Å²) >= 11 is 0. The van der Waals surface area contributed by atoms with Gasteiger partial charge in [-0.05, 0) is 230 Å². The fourth-order valence-corrected chi connectivity index (χ4v) is 9.80. The number of carboxylic acid groups (broad SMARTS) is 1. The first kappa shape index (κ1) is 115. The number of nitrogens with one attached hydrogen (secondary N) is 1. The number of amides is 6. The number of halogens is 1. The van der Waals surface area contributed by atoms with Crippen LogP contribution in [0.5, 0.6) is 0 Å². The van der Waals surface area contributed by atoms with Crippen LogP contribution in [0.3, 0.4) is 0 Å². The van der Waals surface area contributed by atoms with Gasteiger partial charge in [0.1, 0.15) is 68.6 Å². The predicted molar refractivity (Wildman–Crippen MR) is 453 cm³/mol. The number of nitriles is 2. The van der Waals surface area contributed by atoms with Crippen molar-refractivity contribution in [3.8, 4) is 12.1 Å². The van der Waals surface area contributed by atoms with Gasteiger partial charge in [-0.3, -0.25) is 33.2 Å². The molecule has 6 heterocycles. The molecule has 40 heteroatoms. The average molecular weight is 1730 g/mol. The number of aromatic carboxylic acids is 1. The number of hydrogen-bond acceptors (Lipinski definition) is 26. The predicted octanol–water partition coefficient (Wildman–Crippen LogP) is 10.3. The zero-order chi connectivity index (χ0) is 91.2. The number of nitrogens with zero attached hydrogens (tertiary/aromatic N) is 18. The van der Waals surface area contributed by atoms with E-state index in [1.165, 1.54) is 35.2 Å². The molecule has 0 bridgehead atoms. The molecule has 0 saturated heterocycles. The van der Waals surface area contributed by atoms with Crippen molar-refractivity contribution >= 4 is 72.4 Å². The molecule has 0 aliphatic carbocycles. The van der Waals surface area contributed by atoms with Crippen molar-refractivity contribution in [3.63, 3.8) is 0 Å². The van der Waals surface area contributed by atoms with E-state index in [2.05, 4.69) is 47.9 Å². The first-order chi connectivity index (χ1) is 54.1. The molecule has 0 aromatic carbocycles. The van der Waals surface area contributed by atoms with Gasteiger partial charge >= 0.3 is 77.9 Å². The molecule has 0 unspecified atom stereocenters. The van der Waals surface area contributed by atoms with Crippen LogP contribution >= 0.6 is 12.4 Å². The quantitative estimate of drug-likeness (QED) is 0.0311. The van der Waals surface area contributed by atoms with Crippen molar-refractivity contribution < 1.29 is 116 Å². The van der Waals surface area contributed by atoms with Crippen molar-refractivity contribution in [2.24, 2.45) is 10.7 Å². The molecule has 38 nitrogen and oxygen atoms in total. The third kappa shape index (κ3) is 42.8. The molecular weight excluding hydrogens is 1600 g/mol. The van der Waals surface area contributed by atoms with E-state index in [0.717, 1.165) is 5.69 Å². The van der Waals surface area contributed by atoms with E-state index in [9.17, 15) is 43.2 Å². The molecule has 674 valence electrons. The Labute approximate surface area is 742 Å². The smallest absolute Gasteiger partial charge is 0.870 e. The van der Waals surface area contributed by atoms with Crippen molar-refractivity contribution in [3.05, 3.63) is 98.9 Å². The number of primary amides is 1. The third-order valence-corrected chi connectivity index (χ3v) is 14.8. The summed E-state index contributed by atoms with van der Waals surface area (Å²) in [5.41, 5.74) is 9.00. The topological polar surface area (TPSA) is 472 Å². The molecule has 1 aliphatic rings. The van der Waals surface area contributed by atoms with E-state index in [1.54, 1.807) is 134 Å². The molecule has 0 radical (unpaired) electrons. The molecule has 6 rings (SSSR count). The van der Waals surface area contributed by atoms with Crippen LogP contribution in [0.4, 0.5) is 24.0 Å². The van der Waals surface area contributed by atoms with Crippen LogP contribution in [-0.2, 0) is 70.7 Å². The van der Waals surface area contributed by atoms with Crippen LogP contribution in [0.2, 0.25) is 0 Å². The molecule has 0 spiro atoms. The van der Waals surface area contributed by atoms with E-state index in [-0.39, 0.29) is 109 Å². The van der Waals surface area contributed by atoms with Gasteiger partial charge in [0.05, 0.1) is 92.2 Å². The Bertz CT molecular complexity index is 4220. The maximum absolute atomic E-state index is 12.0. The molecule has 5 aromatic rings. The number of nitrogens with two attached hydrogens (primary N) is 1. The Morgan fingerprint density at radius 3 is 0.983 bits per heavy atom. The van der Waals surface area contributed by atoms with Gasteiger partial charge in [0.2, 0.25) is 0 Å². The largest absolute Gasteiger partial charge is 1.00 e. The summed E-state index contributed by atoms with van der Waals surface area (Å²) in [7, 11) is 9.98. The zero-order valence-electron chi connectivity index (χ0n) is 77.7. The molecule has 0 fully saturated rings. The molecule has 5 N–H and O–H groups in total. The normalized spacial score (nSPS) is 11.6. The van der Waals surface area contributed by atoms with Gasteiger partial charge in [0.15, 0.2) is 0 Å². The molecular formula is C81H134ClN20NaO18. The molecule has 5 aromatic heterocycles. The van der Waals surface area contributed by atoms with Crippen LogP contribution < -0.4 is 40.6 Å². The summed E-state index contributed by atoms with van der Waals surface area (Å²) in [6, 6.07) is 12.8. The second kappa shape index (κ2) is 51.6. The van der Waals surface area contributed by atoms with E-state index in [0.29, 0.717) is 96.2 Å². The first-order valence-electron chi connectivity index (χ1n) is 38.8. The Balaban J connectivity index is -0.00000138. The number of hydrogen-bond donors (Lipinski definition) is 3. The number of aliphatic imine (C=N–C) groups is 1. The zero-order valence-corrected chi connectivity index (χ0v) is 80.5. The number of aromatic nitrogens is 10. The van der Waals surface area contributed by atoms with Gasteiger partial charge in [-0.25, -0.2) is 38.4 Å². The van der Waals surface area contributed by atoms with Crippen molar-refractivity contribution in [1.82, 2.24) is 78.7 Å². The third-order valence-electron chi connectivity index (χ3n) is 14.8. The molecule has 121 heavy (non-hydrogen) atoms. The van der Waals surface area contributed by atoms with Crippen LogP contribution in [0.1, 0.15) is 288 Å². The minimum absolute atomic E-state index is 0. The summed E-state index contributed by atoms with van der Waals surface area (Å²) in [5.74, 6) is -2.35. The Hall–Kier alpha value is -10.1. The SMILES string of the molecule is CC(C)n1nc(CN(C)C(=O)OC(C)(C)C)cc1C#N.CC(C)n1nc(CN(C)C(=O)OC(C)(C)C)cc1C(=O)O.CC(C)n1nc(CN(C)C(=O)OC(C)(C)C)cc1C(N)=O.CCOC(=O)C1=CC(CN(C)C(=O)OC(C)(C)C)=NC1.CCOC(=O)c1cc(CN(C)C(=O)OC(C)(C)C)nn1C(C)C.CNCc1cc(C#N)n(C(C)C)n1.Cl.[Na+].[OH-]. The molecule has 6 amide bonds. The number of esters is 2. The van der Waals surface area contributed by atoms with Gasteiger partial charge in [-0.1, -0.05) is 0 Å². The number of carbonyl (C=O) groups is 9. The number of ether oxygens (including phenoxy) is 7. The Morgan fingerprint density at radius 2 is 0.719 bits per heavy atom. The van der Waals surface area contributed by atoms with Crippen molar-refractivity contribution in [1.29, 1.82) is 10.5 Å².